The molecule has 0 aliphatic carbocycles. The molecule has 0 aliphatic heterocycles. The molecule has 1 amide bonds. The molecule has 0 bridgehead atoms. The Morgan fingerprint density at radius 3 is 2.45 bits per heavy atom. The Balaban J connectivity index is 2.20. The summed E-state index contributed by atoms with van der Waals surface area (Å²) in [6, 6.07) is 8.47. The van der Waals surface area contributed by atoms with E-state index in [2.05, 4.69) is 5.32 Å². The zero-order valence-electron chi connectivity index (χ0n) is 12.3. The van der Waals surface area contributed by atoms with E-state index >= 15 is 0 Å². The average Bonchev–Trinajstić information content (AvgIpc) is 2.92. The summed E-state index contributed by atoms with van der Waals surface area (Å²) in [6.45, 7) is 1.69. The summed E-state index contributed by atoms with van der Waals surface area (Å²) in [6.07, 6.45) is 3.22. The van der Waals surface area contributed by atoms with E-state index in [0.29, 0.717) is 11.3 Å². The van der Waals surface area contributed by atoms with E-state index in [9.17, 15) is 9.59 Å². The molecule has 5 nitrogen and oxygen atoms in total. The number of hydrogen-bond donors (Lipinski definition) is 2. The number of aliphatic carboxylic acids is 1. The molecule has 0 radical (unpaired) electrons. The van der Waals surface area contributed by atoms with Crippen molar-refractivity contribution in [1.82, 2.24) is 5.32 Å². The Labute approximate surface area is 132 Å². The second kappa shape index (κ2) is 7.17. The van der Waals surface area contributed by atoms with E-state index in [4.69, 9.17) is 9.52 Å². The lowest BCUT2D eigenvalue weighted by Crippen LogP contribution is -2.30. The molecule has 116 valence electrons. The van der Waals surface area contributed by atoms with E-state index in [0.717, 1.165) is 10.5 Å². The van der Waals surface area contributed by atoms with Crippen molar-refractivity contribution in [2.45, 2.75) is 24.3 Å². The number of benzene rings is 1. The van der Waals surface area contributed by atoms with Gasteiger partial charge in [0.25, 0.3) is 5.91 Å². The molecule has 2 aromatic rings. The Morgan fingerprint density at radius 2 is 1.95 bits per heavy atom. The second-order valence-corrected chi connectivity index (χ2v) is 5.67. The molecule has 0 aliphatic rings. The van der Waals surface area contributed by atoms with Crippen LogP contribution in [-0.4, -0.2) is 23.2 Å². The highest BCUT2D eigenvalue weighted by molar-refractivity contribution is 7.98. The summed E-state index contributed by atoms with van der Waals surface area (Å²) in [5.41, 5.74) is 1.17. The van der Waals surface area contributed by atoms with Gasteiger partial charge >= 0.3 is 5.97 Å². The van der Waals surface area contributed by atoms with Gasteiger partial charge in [0, 0.05) is 4.90 Å². The molecule has 1 unspecified atom stereocenters. The van der Waals surface area contributed by atoms with E-state index in [-0.39, 0.29) is 12.3 Å². The fraction of sp³-hybridized carbons (Fsp3) is 0.250. The maximum Gasteiger partial charge on any atom is 0.305 e. The number of carbonyl (C=O) groups is 2. The number of aryl methyl sites for hydroxylation is 1. The third-order valence-electron chi connectivity index (χ3n) is 3.31. The monoisotopic (exact) mass is 319 g/mol. The first-order chi connectivity index (χ1) is 10.5. The van der Waals surface area contributed by atoms with Gasteiger partial charge in [-0.15, -0.1) is 11.8 Å². The molecule has 2 rings (SSSR count). The quantitative estimate of drug-likeness (QED) is 0.799. The highest BCUT2D eigenvalue weighted by Gasteiger charge is 2.20. The van der Waals surface area contributed by atoms with Crippen molar-refractivity contribution >= 4 is 23.6 Å². The van der Waals surface area contributed by atoms with Crippen LogP contribution in [0.2, 0.25) is 0 Å². The van der Waals surface area contributed by atoms with E-state index in [1.165, 1.54) is 6.26 Å². The molecule has 22 heavy (non-hydrogen) atoms. The van der Waals surface area contributed by atoms with Gasteiger partial charge in [-0.25, -0.2) is 0 Å². The molecular weight excluding hydrogens is 302 g/mol. The first-order valence-corrected chi connectivity index (χ1v) is 7.94. The summed E-state index contributed by atoms with van der Waals surface area (Å²) in [5.74, 6) is -0.807. The molecule has 2 N–H and O–H groups in total. The van der Waals surface area contributed by atoms with Gasteiger partial charge in [0.2, 0.25) is 0 Å². The predicted molar refractivity (Wildman–Crippen MR) is 84.1 cm³/mol. The van der Waals surface area contributed by atoms with Gasteiger partial charge in [-0.3, -0.25) is 9.59 Å². The Bertz CT molecular complexity index is 663. The van der Waals surface area contributed by atoms with Gasteiger partial charge in [0.15, 0.2) is 0 Å². The fourth-order valence-electron chi connectivity index (χ4n) is 2.12. The first kappa shape index (κ1) is 16.2. The minimum atomic E-state index is -0.969. The van der Waals surface area contributed by atoms with Crippen molar-refractivity contribution in [1.29, 1.82) is 0 Å². The highest BCUT2D eigenvalue weighted by Crippen LogP contribution is 2.22. The molecule has 1 atom stereocenters. The minimum Gasteiger partial charge on any atom is -0.481 e. The molecule has 0 fully saturated rings. The average molecular weight is 319 g/mol. The van der Waals surface area contributed by atoms with Gasteiger partial charge in [0.1, 0.15) is 5.76 Å². The summed E-state index contributed by atoms with van der Waals surface area (Å²) in [7, 11) is 0. The number of nitrogens with one attached hydrogen (secondary N) is 1. The van der Waals surface area contributed by atoms with Crippen LogP contribution in [0.15, 0.2) is 45.9 Å². The standard InChI is InChI=1S/C16H17NO4S/c1-10-13(7-8-21-10)16(20)17-14(9-15(18)19)11-3-5-12(22-2)6-4-11/h3-8,14H,9H2,1-2H3,(H,17,20)(H,18,19). The zero-order chi connectivity index (χ0) is 16.1. The molecule has 0 spiro atoms. The van der Waals surface area contributed by atoms with Gasteiger partial charge in [-0.2, -0.15) is 0 Å². The largest absolute Gasteiger partial charge is 0.481 e. The summed E-state index contributed by atoms with van der Waals surface area (Å²) >= 11 is 1.60. The van der Waals surface area contributed by atoms with Gasteiger partial charge in [0.05, 0.1) is 24.3 Å². The maximum atomic E-state index is 12.2. The fourth-order valence-corrected chi connectivity index (χ4v) is 2.53. The van der Waals surface area contributed by atoms with Crippen molar-refractivity contribution in [3.8, 4) is 0 Å². The molecule has 6 heteroatoms. The van der Waals surface area contributed by atoms with Crippen LogP contribution >= 0.6 is 11.8 Å². The molecule has 0 saturated carbocycles. The van der Waals surface area contributed by atoms with Crippen molar-refractivity contribution in [3.63, 3.8) is 0 Å². The zero-order valence-corrected chi connectivity index (χ0v) is 13.1. The van der Waals surface area contributed by atoms with Gasteiger partial charge in [-0.1, -0.05) is 12.1 Å². The Morgan fingerprint density at radius 1 is 1.27 bits per heavy atom. The Kier molecular flexibility index (Phi) is 5.27. The van der Waals surface area contributed by atoms with Crippen LogP contribution in [0.5, 0.6) is 0 Å². The summed E-state index contributed by atoms with van der Waals surface area (Å²) < 4.78 is 5.10. The van der Waals surface area contributed by atoms with Crippen LogP contribution < -0.4 is 5.32 Å². The normalized spacial score (nSPS) is 11.9. The number of carboxylic acids is 1. The number of rotatable bonds is 6. The van der Waals surface area contributed by atoms with Crippen LogP contribution in [0, 0.1) is 6.92 Å². The smallest absolute Gasteiger partial charge is 0.305 e. The topological polar surface area (TPSA) is 79.5 Å². The lowest BCUT2D eigenvalue weighted by Gasteiger charge is -2.17. The summed E-state index contributed by atoms with van der Waals surface area (Å²) in [4.78, 5) is 24.4. The van der Waals surface area contributed by atoms with Crippen molar-refractivity contribution in [3.05, 3.63) is 53.5 Å². The van der Waals surface area contributed by atoms with E-state index in [1.54, 1.807) is 24.8 Å². The van der Waals surface area contributed by atoms with E-state index in [1.807, 2.05) is 30.5 Å². The first-order valence-electron chi connectivity index (χ1n) is 6.72. The van der Waals surface area contributed by atoms with Gasteiger partial charge < -0.3 is 14.8 Å². The number of carboxylic acid groups (broad SMARTS) is 1. The van der Waals surface area contributed by atoms with Crippen LogP contribution in [-0.2, 0) is 4.79 Å². The van der Waals surface area contributed by atoms with Crippen LogP contribution in [0.3, 0.4) is 0 Å². The van der Waals surface area contributed by atoms with Crippen LogP contribution in [0.1, 0.15) is 34.1 Å². The van der Waals surface area contributed by atoms with Crippen LogP contribution in [0.4, 0.5) is 0 Å². The number of carbonyl (C=O) groups excluding carboxylic acids is 1. The SMILES string of the molecule is CSc1ccc(C(CC(=O)O)NC(=O)c2ccoc2C)cc1. The third-order valence-corrected chi connectivity index (χ3v) is 4.05. The molecule has 1 aromatic heterocycles. The molecule has 0 saturated heterocycles. The van der Waals surface area contributed by atoms with Crippen molar-refractivity contribution < 1.29 is 19.1 Å². The minimum absolute atomic E-state index is 0.179. The lowest BCUT2D eigenvalue weighted by molar-refractivity contribution is -0.137. The number of furan rings is 1. The number of hydrogen-bond acceptors (Lipinski definition) is 4. The van der Waals surface area contributed by atoms with Crippen LogP contribution in [0.25, 0.3) is 0 Å². The summed E-state index contributed by atoms with van der Waals surface area (Å²) in [5, 5.41) is 11.8. The third kappa shape index (κ3) is 3.92. The Hall–Kier alpha value is -2.21. The molecule has 1 aromatic carbocycles. The molecular formula is C16H17NO4S. The van der Waals surface area contributed by atoms with E-state index < -0.39 is 12.0 Å². The molecule has 1 heterocycles. The second-order valence-electron chi connectivity index (χ2n) is 4.79. The van der Waals surface area contributed by atoms with Crippen molar-refractivity contribution in [2.24, 2.45) is 0 Å². The highest BCUT2D eigenvalue weighted by atomic mass is 32.2. The predicted octanol–water partition coefficient (Wildman–Crippen LogP) is 3.26. The van der Waals surface area contributed by atoms with Gasteiger partial charge in [-0.05, 0) is 36.9 Å². The number of thioether (sulfide) groups is 1. The maximum absolute atomic E-state index is 12.2. The lowest BCUT2D eigenvalue weighted by atomic mass is 10.0. The number of amides is 1. The van der Waals surface area contributed by atoms with Crippen molar-refractivity contribution in [2.75, 3.05) is 6.26 Å².